The van der Waals surface area contributed by atoms with Gasteiger partial charge in [0.05, 0.1) is 28.6 Å². The van der Waals surface area contributed by atoms with Gasteiger partial charge in [0.1, 0.15) is 0 Å². The van der Waals surface area contributed by atoms with E-state index in [1.54, 1.807) is 9.96 Å². The molecule has 1 aliphatic carbocycles. The Bertz CT molecular complexity index is 3100. The second-order valence-corrected chi connectivity index (χ2v) is 29.8. The van der Waals surface area contributed by atoms with Gasteiger partial charge in [0.25, 0.3) is 0 Å². The first-order chi connectivity index (χ1) is 30.8. The summed E-state index contributed by atoms with van der Waals surface area (Å²) in [7, 11) is 0. The van der Waals surface area contributed by atoms with Crippen molar-refractivity contribution in [3.8, 4) is 39.5 Å². The van der Waals surface area contributed by atoms with Gasteiger partial charge in [0, 0.05) is 42.6 Å². The van der Waals surface area contributed by atoms with Crippen LogP contribution in [0.25, 0.3) is 72.6 Å². The number of hydrogen-bond acceptors (Lipinski definition) is 5. The summed E-state index contributed by atoms with van der Waals surface area (Å²) in [6.07, 6.45) is 12.4. The van der Waals surface area contributed by atoms with E-state index in [1.165, 1.54) is 55.2 Å². The second kappa shape index (κ2) is 19.3. The summed E-state index contributed by atoms with van der Waals surface area (Å²) in [4.78, 5) is 19.4. The molecule has 0 amide bonds. The molecule has 1 radical (unpaired) electrons. The number of rotatable bonds is 8. The van der Waals surface area contributed by atoms with Gasteiger partial charge in [-0.2, -0.15) is 0 Å². The van der Waals surface area contributed by atoms with E-state index in [4.69, 9.17) is 19.4 Å². The molecular formula is C57H59GeIrN5O-2. The Morgan fingerprint density at radius 1 is 0.769 bits per heavy atom. The van der Waals surface area contributed by atoms with Crippen molar-refractivity contribution in [2.45, 2.75) is 103 Å². The molecule has 9 aromatic rings. The molecule has 0 aliphatic heterocycles. The molecule has 0 atom stereocenters. The van der Waals surface area contributed by atoms with E-state index in [-0.39, 0.29) is 20.1 Å². The molecule has 6 nitrogen and oxygen atoms in total. The van der Waals surface area contributed by atoms with Crippen LogP contribution < -0.4 is 4.40 Å². The summed E-state index contributed by atoms with van der Waals surface area (Å²) in [5.41, 5.74) is 16.7. The van der Waals surface area contributed by atoms with E-state index in [2.05, 4.69) is 140 Å². The van der Waals surface area contributed by atoms with Crippen molar-refractivity contribution >= 4 is 50.8 Å². The quantitative estimate of drug-likeness (QED) is 0.112. The summed E-state index contributed by atoms with van der Waals surface area (Å²) >= 11 is -1.89. The molecule has 8 heteroatoms. The van der Waals surface area contributed by atoms with Crippen molar-refractivity contribution in [3.05, 3.63) is 155 Å². The standard InChI is InChI=1S/C36H31N4O.C21H28GeN.Ir/c1-20(2)27-14-15-29(34-32(27)28-13-12-23(5)38-36(28)41-34)35-39-30-18-24(6)37-19-31(30)40(35)33-21(3)16-26(17-22(33)4)25-10-8-7-9-11-25;1-22(2,3)20-16-23-21(18-12-8-5-9-13-18)15-19(20)14-17-10-6-4-7-11-17;/h7-14,16-20H,1-6H3;5,8-9,12,15-17H,4,6-7,10-11,14H2,1-3H3;/q2*-1;. The zero-order valence-electron chi connectivity index (χ0n) is 39.3. The monoisotopic (exact) mass is 1100 g/mol. The van der Waals surface area contributed by atoms with Crippen LogP contribution >= 0.6 is 0 Å². The molecule has 1 aliphatic rings. The molecule has 10 rings (SSSR count). The Labute approximate surface area is 401 Å². The minimum Gasteiger partial charge on any atom is 0 e. The third-order valence-electron chi connectivity index (χ3n) is 12.9. The van der Waals surface area contributed by atoms with Gasteiger partial charge < -0.3 is 8.98 Å². The Balaban J connectivity index is 0.000000204. The number of hydrogen-bond donors (Lipinski definition) is 0. The molecule has 0 saturated heterocycles. The van der Waals surface area contributed by atoms with E-state index in [0.717, 1.165) is 84.2 Å². The van der Waals surface area contributed by atoms with Gasteiger partial charge in [-0.3, -0.25) is 9.97 Å². The van der Waals surface area contributed by atoms with E-state index in [1.807, 2.05) is 50.4 Å². The Hall–Kier alpha value is -5.21. The van der Waals surface area contributed by atoms with Gasteiger partial charge in [-0.25, -0.2) is 4.98 Å². The van der Waals surface area contributed by atoms with Crippen molar-refractivity contribution in [2.24, 2.45) is 5.92 Å². The second-order valence-electron chi connectivity index (χ2n) is 19.3. The van der Waals surface area contributed by atoms with Crippen molar-refractivity contribution in [2.75, 3.05) is 0 Å². The molecule has 4 aromatic carbocycles. The van der Waals surface area contributed by atoms with E-state index in [9.17, 15) is 0 Å². The van der Waals surface area contributed by atoms with E-state index >= 15 is 0 Å². The van der Waals surface area contributed by atoms with Crippen molar-refractivity contribution in [1.82, 2.24) is 24.5 Å². The molecule has 1 saturated carbocycles. The fourth-order valence-corrected chi connectivity index (χ4v) is 13.1. The predicted octanol–water partition coefficient (Wildman–Crippen LogP) is 14.4. The Morgan fingerprint density at radius 3 is 2.20 bits per heavy atom. The number of imidazole rings is 1. The molecule has 0 unspecified atom stereocenters. The smallest absolute Gasteiger partial charge is 0 e. The number of aryl methyl sites for hydroxylation is 4. The summed E-state index contributed by atoms with van der Waals surface area (Å²) in [6, 6.07) is 40.8. The number of pyridine rings is 3. The maximum atomic E-state index is 6.55. The first kappa shape index (κ1) is 46.3. The molecular weight excluding hydrogens is 1040 g/mol. The molecule has 0 N–H and O–H groups in total. The zero-order valence-corrected chi connectivity index (χ0v) is 43.8. The average molecular weight is 1090 g/mol. The van der Waals surface area contributed by atoms with Crippen LogP contribution in [0.2, 0.25) is 17.3 Å². The molecule has 333 valence electrons. The fraction of sp³-hybridized carbons (Fsp3) is 0.298. The maximum absolute atomic E-state index is 6.55. The fourth-order valence-electron chi connectivity index (χ4n) is 9.76. The van der Waals surface area contributed by atoms with Crippen LogP contribution in [0.15, 0.2) is 114 Å². The third kappa shape index (κ3) is 9.57. The molecule has 0 bridgehead atoms. The largest absolute Gasteiger partial charge is 0 e. The van der Waals surface area contributed by atoms with Gasteiger partial charge in [-0.1, -0.05) is 61.0 Å². The first-order valence-electron chi connectivity index (χ1n) is 23.1. The first-order valence-corrected chi connectivity index (χ1v) is 30.4. The predicted molar refractivity (Wildman–Crippen MR) is 268 cm³/mol. The van der Waals surface area contributed by atoms with Crippen LogP contribution in [0.5, 0.6) is 0 Å². The number of fused-ring (bicyclic) bond motifs is 4. The molecule has 0 spiro atoms. The summed E-state index contributed by atoms with van der Waals surface area (Å²) in [5, 5.41) is 2.10. The molecule has 5 heterocycles. The van der Waals surface area contributed by atoms with E-state index in [0.29, 0.717) is 11.6 Å². The number of benzene rings is 4. The van der Waals surface area contributed by atoms with Crippen molar-refractivity contribution < 1.29 is 24.5 Å². The molecule has 1 fully saturated rings. The maximum Gasteiger partial charge on any atom is 0 e. The summed E-state index contributed by atoms with van der Waals surface area (Å²) in [6.45, 7) is 12.7. The van der Waals surface area contributed by atoms with Crippen LogP contribution in [-0.2, 0) is 26.5 Å². The van der Waals surface area contributed by atoms with Crippen LogP contribution in [-0.4, -0.2) is 37.8 Å². The Kier molecular flexibility index (Phi) is 13.8. The normalized spacial score (nSPS) is 13.3. The zero-order chi connectivity index (χ0) is 44.7. The van der Waals surface area contributed by atoms with Gasteiger partial charge in [0.15, 0.2) is 0 Å². The number of aromatic nitrogens is 5. The van der Waals surface area contributed by atoms with Gasteiger partial charge in [-0.05, 0) is 80.3 Å². The summed E-state index contributed by atoms with van der Waals surface area (Å²) in [5.74, 6) is 9.40. The number of furan rings is 1. The van der Waals surface area contributed by atoms with Crippen LogP contribution in [0, 0.1) is 45.7 Å². The van der Waals surface area contributed by atoms with E-state index < -0.39 is 13.3 Å². The Morgan fingerprint density at radius 2 is 1.51 bits per heavy atom. The number of nitrogens with zero attached hydrogens (tertiary/aromatic N) is 5. The van der Waals surface area contributed by atoms with Crippen LogP contribution in [0.3, 0.4) is 0 Å². The van der Waals surface area contributed by atoms with Gasteiger partial charge in [0.2, 0.25) is 5.71 Å². The third-order valence-corrected chi connectivity index (χ3v) is 17.3. The summed E-state index contributed by atoms with van der Waals surface area (Å²) < 4.78 is 10.4. The SMILES string of the molecule is Cc1cc2nc(-c3[c-]cc(C(C)C)c4c3oc3nc(C)ccc34)n(-c3c(C)cc(-c4ccccc4)cc3C)c2cn1.[CH3][Ge]([CH3])([CH3])[c]1cnc(-c2[c-]cccc2)cc1CC1CCCCC1.[Ir]. The van der Waals surface area contributed by atoms with Gasteiger partial charge in [-0.15, -0.1) is 17.7 Å². The van der Waals surface area contributed by atoms with Crippen molar-refractivity contribution in [3.63, 3.8) is 0 Å². The van der Waals surface area contributed by atoms with Crippen molar-refractivity contribution in [1.29, 1.82) is 0 Å². The average Bonchev–Trinajstić information content (AvgIpc) is 3.84. The minimum atomic E-state index is -1.89. The molecule has 5 aromatic heterocycles. The topological polar surface area (TPSA) is 69.6 Å². The van der Waals surface area contributed by atoms with Crippen LogP contribution in [0.4, 0.5) is 0 Å². The molecule has 65 heavy (non-hydrogen) atoms. The minimum absolute atomic E-state index is 0. The van der Waals surface area contributed by atoms with Crippen LogP contribution in [0.1, 0.15) is 85.5 Å². The van der Waals surface area contributed by atoms with Gasteiger partial charge >= 0.3 is 144 Å².